The Balaban J connectivity index is 2.04. The van der Waals surface area contributed by atoms with Crippen LogP contribution in [0.15, 0.2) is 0 Å². The lowest BCUT2D eigenvalue weighted by molar-refractivity contribution is -0.0559. The first-order valence-corrected chi connectivity index (χ1v) is 9.99. The first-order chi connectivity index (χ1) is 11.6. The van der Waals surface area contributed by atoms with Crippen molar-refractivity contribution in [1.82, 2.24) is 5.32 Å². The van der Waals surface area contributed by atoms with Gasteiger partial charge in [0.2, 0.25) is 0 Å². The van der Waals surface area contributed by atoms with Gasteiger partial charge in [0.25, 0.3) is 0 Å². The van der Waals surface area contributed by atoms with Crippen molar-refractivity contribution in [1.29, 1.82) is 0 Å². The lowest BCUT2D eigenvalue weighted by Crippen LogP contribution is -2.59. The van der Waals surface area contributed by atoms with Gasteiger partial charge >= 0.3 is 0 Å². The number of piperidine rings is 1. The molecule has 1 rings (SSSR count). The fourth-order valence-corrected chi connectivity index (χ4v) is 3.63. The zero-order valence-electron chi connectivity index (χ0n) is 15.4. The molecule has 0 unspecified atom stereocenters. The van der Waals surface area contributed by atoms with E-state index in [1.807, 2.05) is 0 Å². The Morgan fingerprint density at radius 2 is 1.54 bits per heavy atom. The lowest BCUT2D eigenvalue weighted by atomic mass is 9.89. The first kappa shape index (κ1) is 21.8. The van der Waals surface area contributed by atoms with E-state index in [1.165, 1.54) is 51.4 Å². The molecule has 0 aromatic carbocycles. The second-order valence-electron chi connectivity index (χ2n) is 7.45. The van der Waals surface area contributed by atoms with E-state index in [-0.39, 0.29) is 18.8 Å². The molecule has 5 heteroatoms. The summed E-state index contributed by atoms with van der Waals surface area (Å²) in [5.41, 5.74) is 0. The largest absolute Gasteiger partial charge is 0.395 e. The van der Waals surface area contributed by atoms with Crippen molar-refractivity contribution in [2.75, 3.05) is 6.61 Å². The molecule has 0 spiro atoms. The molecular weight excluding hydrogens is 306 g/mol. The van der Waals surface area contributed by atoms with Crippen LogP contribution in [0.3, 0.4) is 0 Å². The van der Waals surface area contributed by atoms with Crippen LogP contribution in [-0.4, -0.2) is 57.4 Å². The molecule has 0 bridgehead atoms. The van der Waals surface area contributed by atoms with Crippen LogP contribution in [0.1, 0.15) is 84.0 Å². The number of aliphatic hydroxyl groups is 4. The summed E-state index contributed by atoms with van der Waals surface area (Å²) in [6.45, 7) is 2.03. The van der Waals surface area contributed by atoms with Gasteiger partial charge in [0, 0.05) is 6.04 Å². The summed E-state index contributed by atoms with van der Waals surface area (Å²) in [4.78, 5) is 0. The Bertz CT molecular complexity index is 303. The summed E-state index contributed by atoms with van der Waals surface area (Å²) in [5, 5.41) is 42.1. The smallest absolute Gasteiger partial charge is 0.0974 e. The van der Waals surface area contributed by atoms with Gasteiger partial charge in [0.15, 0.2) is 0 Å². The minimum atomic E-state index is -0.930. The quantitative estimate of drug-likeness (QED) is 0.330. The van der Waals surface area contributed by atoms with Crippen LogP contribution in [0.5, 0.6) is 0 Å². The number of unbranched alkanes of at least 4 members (excludes halogenated alkanes) is 8. The second kappa shape index (κ2) is 13.1. The fourth-order valence-electron chi connectivity index (χ4n) is 3.63. The van der Waals surface area contributed by atoms with Gasteiger partial charge < -0.3 is 25.7 Å². The second-order valence-corrected chi connectivity index (χ2v) is 7.45. The third-order valence-electron chi connectivity index (χ3n) is 5.18. The van der Waals surface area contributed by atoms with Gasteiger partial charge in [0.1, 0.15) is 0 Å². The summed E-state index contributed by atoms with van der Waals surface area (Å²) in [7, 11) is 0. The van der Waals surface area contributed by atoms with Crippen molar-refractivity contribution >= 4 is 0 Å². The van der Waals surface area contributed by atoms with Crippen LogP contribution in [-0.2, 0) is 0 Å². The van der Waals surface area contributed by atoms with Crippen molar-refractivity contribution in [3.63, 3.8) is 0 Å². The number of rotatable bonds is 13. The van der Waals surface area contributed by atoms with E-state index in [1.54, 1.807) is 0 Å². The molecule has 1 saturated heterocycles. The third kappa shape index (κ3) is 8.77. The van der Waals surface area contributed by atoms with Crippen molar-refractivity contribution < 1.29 is 20.4 Å². The summed E-state index contributed by atoms with van der Waals surface area (Å²) >= 11 is 0. The summed E-state index contributed by atoms with van der Waals surface area (Å²) < 4.78 is 0. The lowest BCUT2D eigenvalue weighted by Gasteiger charge is -2.38. The molecule has 0 aromatic heterocycles. The molecule has 5 atom stereocenters. The van der Waals surface area contributed by atoms with E-state index in [2.05, 4.69) is 12.2 Å². The molecule has 0 amide bonds. The predicted octanol–water partition coefficient (Wildman–Crippen LogP) is 2.10. The highest BCUT2D eigenvalue weighted by molar-refractivity contribution is 4.92. The average Bonchev–Trinajstić information content (AvgIpc) is 2.56. The van der Waals surface area contributed by atoms with Crippen LogP contribution >= 0.6 is 0 Å². The van der Waals surface area contributed by atoms with Crippen LogP contribution in [0.25, 0.3) is 0 Å². The monoisotopic (exact) mass is 345 g/mol. The SMILES string of the molecule is CCCCCCCCCCC[C@H](O)C[C@@H]1C[C@@H](O)[C@H](O)[C@H](CO)N1. The van der Waals surface area contributed by atoms with Crippen LogP contribution < -0.4 is 5.32 Å². The van der Waals surface area contributed by atoms with E-state index in [0.717, 1.165) is 12.8 Å². The highest BCUT2D eigenvalue weighted by atomic mass is 16.3. The molecule has 1 fully saturated rings. The summed E-state index contributed by atoms with van der Waals surface area (Å²) in [6.07, 6.45) is 11.1. The molecule has 5 nitrogen and oxygen atoms in total. The zero-order valence-corrected chi connectivity index (χ0v) is 15.4. The van der Waals surface area contributed by atoms with Crippen molar-refractivity contribution in [2.24, 2.45) is 0 Å². The number of aliphatic hydroxyl groups excluding tert-OH is 4. The normalized spacial score (nSPS) is 28.9. The number of hydrogen-bond donors (Lipinski definition) is 5. The summed E-state index contributed by atoms with van der Waals surface area (Å²) in [5.74, 6) is 0. The number of nitrogens with one attached hydrogen (secondary N) is 1. The molecular formula is C19H39NO4. The Hall–Kier alpha value is -0.200. The van der Waals surface area contributed by atoms with Crippen LogP contribution in [0.4, 0.5) is 0 Å². The highest BCUT2D eigenvalue weighted by Crippen LogP contribution is 2.20. The van der Waals surface area contributed by atoms with Gasteiger partial charge in [-0.25, -0.2) is 0 Å². The highest BCUT2D eigenvalue weighted by Gasteiger charge is 2.35. The minimum absolute atomic E-state index is 0.0471. The van der Waals surface area contributed by atoms with Gasteiger partial charge in [-0.15, -0.1) is 0 Å². The van der Waals surface area contributed by atoms with E-state index in [0.29, 0.717) is 12.8 Å². The molecule has 0 aliphatic carbocycles. The minimum Gasteiger partial charge on any atom is -0.395 e. The molecule has 1 aliphatic rings. The maximum atomic E-state index is 10.2. The maximum absolute atomic E-state index is 10.2. The van der Waals surface area contributed by atoms with E-state index in [9.17, 15) is 20.4 Å². The molecule has 144 valence electrons. The third-order valence-corrected chi connectivity index (χ3v) is 5.18. The Morgan fingerprint density at radius 1 is 0.958 bits per heavy atom. The first-order valence-electron chi connectivity index (χ1n) is 9.99. The molecule has 0 radical (unpaired) electrons. The van der Waals surface area contributed by atoms with Crippen molar-refractivity contribution in [3.8, 4) is 0 Å². The van der Waals surface area contributed by atoms with E-state index in [4.69, 9.17) is 0 Å². The topological polar surface area (TPSA) is 93.0 Å². The van der Waals surface area contributed by atoms with Gasteiger partial charge in [-0.3, -0.25) is 0 Å². The fraction of sp³-hybridized carbons (Fsp3) is 1.00. The van der Waals surface area contributed by atoms with Gasteiger partial charge in [-0.2, -0.15) is 0 Å². The van der Waals surface area contributed by atoms with Crippen molar-refractivity contribution in [2.45, 2.75) is 114 Å². The van der Waals surface area contributed by atoms with E-state index >= 15 is 0 Å². The maximum Gasteiger partial charge on any atom is 0.0974 e. The van der Waals surface area contributed by atoms with E-state index < -0.39 is 18.2 Å². The summed E-state index contributed by atoms with van der Waals surface area (Å²) in [6, 6.07) is -0.548. The average molecular weight is 346 g/mol. The Morgan fingerprint density at radius 3 is 2.12 bits per heavy atom. The predicted molar refractivity (Wildman–Crippen MR) is 96.9 cm³/mol. The van der Waals surface area contributed by atoms with Crippen LogP contribution in [0.2, 0.25) is 0 Å². The molecule has 5 N–H and O–H groups in total. The van der Waals surface area contributed by atoms with Gasteiger partial charge in [-0.05, 0) is 19.3 Å². The standard InChI is InChI=1S/C19H39NO4/c1-2-3-4-5-6-7-8-9-10-11-16(22)12-15-13-18(23)19(24)17(14-21)20-15/h15-24H,2-14H2,1H3/t15-,16+,17+,18-,19-/m1/s1. The Kier molecular flexibility index (Phi) is 11.9. The molecule has 0 saturated carbocycles. The number of hydrogen-bond acceptors (Lipinski definition) is 5. The van der Waals surface area contributed by atoms with Gasteiger partial charge in [-0.1, -0.05) is 64.7 Å². The molecule has 1 heterocycles. The molecule has 24 heavy (non-hydrogen) atoms. The van der Waals surface area contributed by atoms with Crippen LogP contribution in [0, 0.1) is 0 Å². The van der Waals surface area contributed by atoms with Gasteiger partial charge in [0.05, 0.1) is 31.0 Å². The van der Waals surface area contributed by atoms with Crippen molar-refractivity contribution in [3.05, 3.63) is 0 Å². The molecule has 1 aliphatic heterocycles. The zero-order chi connectivity index (χ0) is 17.8. The Labute approximate surface area is 147 Å². The molecule has 0 aromatic rings.